The fourth-order valence-electron chi connectivity index (χ4n) is 3.46. The SMILES string of the molecule is CCCCC[C@@H](Nc1ccc(OC)cc1)[C@@H]1Cc2ccccc2N1. The van der Waals surface area contributed by atoms with Crippen LogP contribution in [0.3, 0.4) is 0 Å². The Kier molecular flexibility index (Phi) is 5.63. The lowest BCUT2D eigenvalue weighted by Gasteiger charge is -2.26. The van der Waals surface area contributed by atoms with Crippen molar-refractivity contribution in [3.63, 3.8) is 0 Å². The molecular weight excluding hydrogens is 296 g/mol. The molecule has 0 spiro atoms. The van der Waals surface area contributed by atoms with E-state index in [1.54, 1.807) is 7.11 Å². The summed E-state index contributed by atoms with van der Waals surface area (Å²) in [6.45, 7) is 2.26. The highest BCUT2D eigenvalue weighted by molar-refractivity contribution is 5.58. The second-order valence-corrected chi connectivity index (χ2v) is 6.59. The van der Waals surface area contributed by atoms with Crippen LogP contribution in [0.1, 0.15) is 38.2 Å². The molecule has 0 unspecified atom stereocenters. The average Bonchev–Trinajstić information content (AvgIpc) is 3.05. The standard InChI is InChI=1S/C21H28N2O/c1-3-4-5-10-20(22-17-11-13-18(24-2)14-12-17)21-15-16-8-6-7-9-19(16)23-21/h6-9,11-14,20-23H,3-5,10,15H2,1-2H3/t20-,21+/m1/s1. The van der Waals surface area contributed by atoms with Gasteiger partial charge in [-0.1, -0.05) is 44.4 Å². The number of hydrogen-bond acceptors (Lipinski definition) is 3. The Labute approximate surface area is 145 Å². The zero-order chi connectivity index (χ0) is 16.8. The van der Waals surface area contributed by atoms with Crippen LogP contribution >= 0.6 is 0 Å². The first kappa shape index (κ1) is 16.7. The van der Waals surface area contributed by atoms with E-state index < -0.39 is 0 Å². The number of benzene rings is 2. The molecule has 3 nitrogen and oxygen atoms in total. The number of rotatable bonds is 8. The molecule has 3 rings (SSSR count). The minimum absolute atomic E-state index is 0.428. The van der Waals surface area contributed by atoms with Crippen molar-refractivity contribution < 1.29 is 4.74 Å². The van der Waals surface area contributed by atoms with Gasteiger partial charge in [-0.05, 0) is 48.7 Å². The maximum Gasteiger partial charge on any atom is 0.119 e. The van der Waals surface area contributed by atoms with Crippen molar-refractivity contribution in [2.75, 3.05) is 17.7 Å². The normalized spacial score (nSPS) is 17.0. The van der Waals surface area contributed by atoms with Crippen molar-refractivity contribution in [3.8, 4) is 5.75 Å². The molecule has 24 heavy (non-hydrogen) atoms. The summed E-state index contributed by atoms with van der Waals surface area (Å²) in [4.78, 5) is 0. The molecule has 1 aliphatic heterocycles. The van der Waals surface area contributed by atoms with Crippen LogP contribution in [-0.4, -0.2) is 19.2 Å². The summed E-state index contributed by atoms with van der Waals surface area (Å²) in [5.41, 5.74) is 3.88. The first-order valence-electron chi connectivity index (χ1n) is 9.05. The lowest BCUT2D eigenvalue weighted by molar-refractivity contribution is 0.415. The molecule has 2 atom stereocenters. The fourth-order valence-corrected chi connectivity index (χ4v) is 3.46. The molecule has 0 bridgehead atoms. The topological polar surface area (TPSA) is 33.3 Å². The number of ether oxygens (including phenoxy) is 1. The zero-order valence-corrected chi connectivity index (χ0v) is 14.7. The van der Waals surface area contributed by atoms with Gasteiger partial charge < -0.3 is 15.4 Å². The van der Waals surface area contributed by atoms with Gasteiger partial charge in [-0.2, -0.15) is 0 Å². The molecule has 0 fully saturated rings. The minimum atomic E-state index is 0.428. The molecule has 2 aromatic rings. The molecule has 1 heterocycles. The van der Waals surface area contributed by atoms with E-state index in [2.05, 4.69) is 54.0 Å². The predicted octanol–water partition coefficient (Wildman–Crippen LogP) is 5.09. The van der Waals surface area contributed by atoms with Gasteiger partial charge in [-0.15, -0.1) is 0 Å². The molecule has 0 amide bonds. The van der Waals surface area contributed by atoms with Gasteiger partial charge in [0.05, 0.1) is 13.2 Å². The third-order valence-electron chi connectivity index (χ3n) is 4.84. The van der Waals surface area contributed by atoms with Gasteiger partial charge in [-0.3, -0.25) is 0 Å². The van der Waals surface area contributed by atoms with Gasteiger partial charge in [0.1, 0.15) is 5.75 Å². The summed E-state index contributed by atoms with van der Waals surface area (Å²) in [6, 6.07) is 17.8. The fraction of sp³-hybridized carbons (Fsp3) is 0.429. The average molecular weight is 324 g/mol. The van der Waals surface area contributed by atoms with E-state index in [0.717, 1.165) is 17.9 Å². The number of para-hydroxylation sites is 1. The van der Waals surface area contributed by atoms with Crippen molar-refractivity contribution in [1.82, 2.24) is 0 Å². The third-order valence-corrected chi connectivity index (χ3v) is 4.84. The molecule has 2 N–H and O–H groups in total. The molecule has 128 valence electrons. The Morgan fingerprint density at radius 3 is 2.62 bits per heavy atom. The Balaban J connectivity index is 1.69. The first-order chi connectivity index (χ1) is 11.8. The minimum Gasteiger partial charge on any atom is -0.497 e. The number of hydrogen-bond donors (Lipinski definition) is 2. The van der Waals surface area contributed by atoms with E-state index in [4.69, 9.17) is 4.74 Å². The molecule has 3 heteroatoms. The zero-order valence-electron chi connectivity index (χ0n) is 14.7. The van der Waals surface area contributed by atoms with Gasteiger partial charge in [0, 0.05) is 17.4 Å². The van der Waals surface area contributed by atoms with Gasteiger partial charge in [0.25, 0.3) is 0 Å². The number of nitrogens with one attached hydrogen (secondary N) is 2. The highest BCUT2D eigenvalue weighted by atomic mass is 16.5. The van der Waals surface area contributed by atoms with Crippen LogP contribution in [0, 0.1) is 0 Å². The first-order valence-corrected chi connectivity index (χ1v) is 9.05. The maximum atomic E-state index is 5.26. The van der Waals surface area contributed by atoms with E-state index >= 15 is 0 Å². The molecule has 0 aliphatic carbocycles. The van der Waals surface area contributed by atoms with Crippen LogP contribution in [0.25, 0.3) is 0 Å². The van der Waals surface area contributed by atoms with Crippen LogP contribution < -0.4 is 15.4 Å². The molecule has 1 aliphatic rings. The second kappa shape index (κ2) is 8.09. The van der Waals surface area contributed by atoms with E-state index in [9.17, 15) is 0 Å². The number of anilines is 2. The monoisotopic (exact) mass is 324 g/mol. The summed E-state index contributed by atoms with van der Waals surface area (Å²) in [7, 11) is 1.70. The summed E-state index contributed by atoms with van der Waals surface area (Å²) in [6.07, 6.45) is 6.09. The van der Waals surface area contributed by atoms with E-state index in [1.165, 1.54) is 36.9 Å². The molecular formula is C21H28N2O. The highest BCUT2D eigenvalue weighted by Crippen LogP contribution is 2.29. The number of methoxy groups -OCH3 is 1. The van der Waals surface area contributed by atoms with Crippen LogP contribution in [-0.2, 0) is 6.42 Å². The summed E-state index contributed by atoms with van der Waals surface area (Å²) in [5.74, 6) is 0.898. The predicted molar refractivity (Wildman–Crippen MR) is 102 cm³/mol. The summed E-state index contributed by atoms with van der Waals surface area (Å²) in [5, 5.41) is 7.47. The van der Waals surface area contributed by atoms with E-state index in [1.807, 2.05) is 12.1 Å². The maximum absolute atomic E-state index is 5.26. The number of unbranched alkanes of at least 4 members (excludes halogenated alkanes) is 2. The molecule has 0 saturated heterocycles. The smallest absolute Gasteiger partial charge is 0.119 e. The summed E-state index contributed by atoms with van der Waals surface area (Å²) >= 11 is 0. The molecule has 0 aromatic heterocycles. The van der Waals surface area contributed by atoms with Gasteiger partial charge >= 0.3 is 0 Å². The Bertz CT molecular complexity index is 614. The third kappa shape index (κ3) is 4.02. The van der Waals surface area contributed by atoms with Crippen LogP contribution in [0.5, 0.6) is 5.75 Å². The Morgan fingerprint density at radius 1 is 1.12 bits per heavy atom. The van der Waals surface area contributed by atoms with Crippen LogP contribution in [0.4, 0.5) is 11.4 Å². The van der Waals surface area contributed by atoms with Crippen molar-refractivity contribution >= 4 is 11.4 Å². The lowest BCUT2D eigenvalue weighted by Crippen LogP contribution is -2.38. The largest absolute Gasteiger partial charge is 0.497 e. The summed E-state index contributed by atoms with van der Waals surface area (Å²) < 4.78 is 5.26. The van der Waals surface area contributed by atoms with Crippen molar-refractivity contribution in [2.24, 2.45) is 0 Å². The van der Waals surface area contributed by atoms with Gasteiger partial charge in [0.2, 0.25) is 0 Å². The second-order valence-electron chi connectivity index (χ2n) is 6.59. The quantitative estimate of drug-likeness (QED) is 0.663. The van der Waals surface area contributed by atoms with Gasteiger partial charge in [0.15, 0.2) is 0 Å². The van der Waals surface area contributed by atoms with Crippen molar-refractivity contribution in [1.29, 1.82) is 0 Å². The van der Waals surface area contributed by atoms with Crippen LogP contribution in [0.15, 0.2) is 48.5 Å². The molecule has 2 aromatic carbocycles. The molecule has 0 radical (unpaired) electrons. The Hall–Kier alpha value is -2.16. The number of fused-ring (bicyclic) bond motifs is 1. The van der Waals surface area contributed by atoms with Crippen molar-refractivity contribution in [2.45, 2.75) is 51.1 Å². The van der Waals surface area contributed by atoms with Crippen LogP contribution in [0.2, 0.25) is 0 Å². The highest BCUT2D eigenvalue weighted by Gasteiger charge is 2.27. The van der Waals surface area contributed by atoms with Gasteiger partial charge in [-0.25, -0.2) is 0 Å². The molecule has 0 saturated carbocycles. The Morgan fingerprint density at radius 2 is 1.92 bits per heavy atom. The van der Waals surface area contributed by atoms with E-state index in [-0.39, 0.29) is 0 Å². The van der Waals surface area contributed by atoms with Crippen molar-refractivity contribution in [3.05, 3.63) is 54.1 Å². The van der Waals surface area contributed by atoms with E-state index in [0.29, 0.717) is 12.1 Å². The lowest BCUT2D eigenvalue weighted by atomic mass is 9.98.